The second-order valence-corrected chi connectivity index (χ2v) is 5.13. The van der Waals surface area contributed by atoms with E-state index in [0.717, 1.165) is 16.9 Å². The summed E-state index contributed by atoms with van der Waals surface area (Å²) >= 11 is 4.90. The van der Waals surface area contributed by atoms with Gasteiger partial charge in [-0.3, -0.25) is 0 Å². The lowest BCUT2D eigenvalue weighted by Gasteiger charge is -2.05. The van der Waals surface area contributed by atoms with E-state index in [1.807, 2.05) is 6.07 Å². The Bertz CT molecular complexity index is 447. The number of thiophene rings is 1. The standard InChI is InChI=1S/C11H11BrO2S/c1-2-7-3-4-9(15-7)10(13)8-5-6-14-11(8)12/h3-6,10,13H,2H2,1H3. The first-order chi connectivity index (χ1) is 7.22. The minimum atomic E-state index is -0.594. The molecule has 2 heterocycles. The molecule has 0 fully saturated rings. The Labute approximate surface area is 101 Å². The molecule has 0 amide bonds. The highest BCUT2D eigenvalue weighted by Gasteiger charge is 2.17. The minimum Gasteiger partial charge on any atom is -0.457 e. The summed E-state index contributed by atoms with van der Waals surface area (Å²) in [5, 5.41) is 10.1. The van der Waals surface area contributed by atoms with Crippen molar-refractivity contribution in [2.45, 2.75) is 19.4 Å². The van der Waals surface area contributed by atoms with Gasteiger partial charge in [0, 0.05) is 15.3 Å². The van der Waals surface area contributed by atoms with Crippen LogP contribution in [0.5, 0.6) is 0 Å². The summed E-state index contributed by atoms with van der Waals surface area (Å²) in [5.41, 5.74) is 0.777. The van der Waals surface area contributed by atoms with E-state index < -0.39 is 6.10 Å². The smallest absolute Gasteiger partial charge is 0.175 e. The number of aliphatic hydroxyl groups excluding tert-OH is 1. The summed E-state index contributed by atoms with van der Waals surface area (Å²) in [6.07, 6.45) is 1.98. The zero-order valence-corrected chi connectivity index (χ0v) is 10.6. The molecule has 0 aliphatic heterocycles. The molecule has 1 N–H and O–H groups in total. The molecule has 0 saturated carbocycles. The van der Waals surface area contributed by atoms with Crippen LogP contribution in [0.1, 0.15) is 28.3 Å². The molecule has 0 saturated heterocycles. The molecule has 80 valence electrons. The summed E-state index contributed by atoms with van der Waals surface area (Å²) in [7, 11) is 0. The third kappa shape index (κ3) is 2.17. The Morgan fingerprint density at radius 2 is 2.27 bits per heavy atom. The molecule has 0 aliphatic rings. The number of furan rings is 1. The number of hydrogen-bond donors (Lipinski definition) is 1. The third-order valence-electron chi connectivity index (χ3n) is 2.24. The van der Waals surface area contributed by atoms with Gasteiger partial charge in [0.25, 0.3) is 0 Å². The van der Waals surface area contributed by atoms with Crippen molar-refractivity contribution in [3.8, 4) is 0 Å². The lowest BCUT2D eigenvalue weighted by molar-refractivity contribution is 0.222. The molecule has 0 radical (unpaired) electrons. The van der Waals surface area contributed by atoms with Crippen LogP contribution < -0.4 is 0 Å². The van der Waals surface area contributed by atoms with Crippen LogP contribution in [0, 0.1) is 0 Å². The fraction of sp³-hybridized carbons (Fsp3) is 0.273. The second kappa shape index (κ2) is 4.51. The van der Waals surface area contributed by atoms with Gasteiger partial charge in [-0.15, -0.1) is 11.3 Å². The van der Waals surface area contributed by atoms with Crippen molar-refractivity contribution in [3.63, 3.8) is 0 Å². The molecular weight excluding hydrogens is 276 g/mol. The van der Waals surface area contributed by atoms with Gasteiger partial charge in [0.2, 0.25) is 0 Å². The van der Waals surface area contributed by atoms with Crippen molar-refractivity contribution in [1.82, 2.24) is 0 Å². The Hall–Kier alpha value is -0.580. The van der Waals surface area contributed by atoms with Crippen LogP contribution in [0.3, 0.4) is 0 Å². The minimum absolute atomic E-state index is 0.594. The first kappa shape index (κ1) is 10.9. The van der Waals surface area contributed by atoms with E-state index in [4.69, 9.17) is 4.42 Å². The van der Waals surface area contributed by atoms with Crippen LogP contribution in [0.4, 0.5) is 0 Å². The molecule has 2 aromatic rings. The number of aryl methyl sites for hydroxylation is 1. The lowest BCUT2D eigenvalue weighted by Crippen LogP contribution is -1.95. The van der Waals surface area contributed by atoms with Gasteiger partial charge in [-0.05, 0) is 40.5 Å². The van der Waals surface area contributed by atoms with Gasteiger partial charge in [-0.1, -0.05) is 6.92 Å². The van der Waals surface area contributed by atoms with E-state index in [2.05, 4.69) is 28.9 Å². The fourth-order valence-corrected chi connectivity index (χ4v) is 2.80. The predicted molar refractivity (Wildman–Crippen MR) is 64.2 cm³/mol. The molecule has 4 heteroatoms. The van der Waals surface area contributed by atoms with Crippen molar-refractivity contribution in [3.05, 3.63) is 44.4 Å². The molecule has 2 nitrogen and oxygen atoms in total. The van der Waals surface area contributed by atoms with E-state index in [0.29, 0.717) is 4.67 Å². The number of halogens is 1. The Morgan fingerprint density at radius 3 is 2.80 bits per heavy atom. The maximum Gasteiger partial charge on any atom is 0.175 e. The number of hydrogen-bond acceptors (Lipinski definition) is 3. The van der Waals surface area contributed by atoms with Gasteiger partial charge in [0.05, 0.1) is 6.26 Å². The molecule has 2 rings (SSSR count). The molecule has 0 spiro atoms. The Morgan fingerprint density at radius 1 is 1.47 bits per heavy atom. The van der Waals surface area contributed by atoms with Crippen LogP contribution >= 0.6 is 27.3 Å². The molecule has 15 heavy (non-hydrogen) atoms. The zero-order chi connectivity index (χ0) is 10.8. The largest absolute Gasteiger partial charge is 0.457 e. The zero-order valence-electron chi connectivity index (χ0n) is 8.24. The quantitative estimate of drug-likeness (QED) is 0.932. The molecule has 1 unspecified atom stereocenters. The van der Waals surface area contributed by atoms with Crippen molar-refractivity contribution < 1.29 is 9.52 Å². The maximum absolute atomic E-state index is 10.1. The summed E-state index contributed by atoms with van der Waals surface area (Å²) in [6.45, 7) is 2.11. The lowest BCUT2D eigenvalue weighted by atomic mass is 10.1. The van der Waals surface area contributed by atoms with Crippen LogP contribution in [0.15, 0.2) is 33.5 Å². The average Bonchev–Trinajstić information content (AvgIpc) is 2.84. The first-order valence-electron chi connectivity index (χ1n) is 4.72. The summed E-state index contributed by atoms with van der Waals surface area (Å²) < 4.78 is 5.70. The molecule has 0 aromatic carbocycles. The number of aliphatic hydroxyl groups is 1. The van der Waals surface area contributed by atoms with Crippen molar-refractivity contribution in [1.29, 1.82) is 0 Å². The van der Waals surface area contributed by atoms with E-state index in [-0.39, 0.29) is 0 Å². The molecule has 0 aliphatic carbocycles. The van der Waals surface area contributed by atoms with Crippen molar-refractivity contribution >= 4 is 27.3 Å². The molecular formula is C11H11BrO2S. The van der Waals surface area contributed by atoms with E-state index in [1.54, 1.807) is 23.7 Å². The first-order valence-corrected chi connectivity index (χ1v) is 6.33. The third-order valence-corrected chi connectivity index (χ3v) is 4.17. The molecule has 0 bridgehead atoms. The predicted octanol–water partition coefficient (Wildman–Crippen LogP) is 3.75. The monoisotopic (exact) mass is 286 g/mol. The maximum atomic E-state index is 10.1. The average molecular weight is 287 g/mol. The Kier molecular flexibility index (Phi) is 3.29. The topological polar surface area (TPSA) is 33.4 Å². The van der Waals surface area contributed by atoms with Gasteiger partial charge in [-0.25, -0.2) is 0 Å². The van der Waals surface area contributed by atoms with Gasteiger partial charge in [0.1, 0.15) is 6.10 Å². The van der Waals surface area contributed by atoms with Gasteiger partial charge in [-0.2, -0.15) is 0 Å². The van der Waals surface area contributed by atoms with Crippen LogP contribution in [-0.2, 0) is 6.42 Å². The highest BCUT2D eigenvalue weighted by Crippen LogP contribution is 2.33. The van der Waals surface area contributed by atoms with Crippen LogP contribution in [0.2, 0.25) is 0 Å². The van der Waals surface area contributed by atoms with E-state index >= 15 is 0 Å². The van der Waals surface area contributed by atoms with Gasteiger partial charge < -0.3 is 9.52 Å². The highest BCUT2D eigenvalue weighted by molar-refractivity contribution is 9.10. The number of rotatable bonds is 3. The SMILES string of the molecule is CCc1ccc(C(O)c2ccoc2Br)s1. The van der Waals surface area contributed by atoms with E-state index in [9.17, 15) is 5.11 Å². The van der Waals surface area contributed by atoms with Crippen molar-refractivity contribution in [2.75, 3.05) is 0 Å². The van der Waals surface area contributed by atoms with Crippen molar-refractivity contribution in [2.24, 2.45) is 0 Å². The van der Waals surface area contributed by atoms with Crippen LogP contribution in [-0.4, -0.2) is 5.11 Å². The Balaban J connectivity index is 2.28. The van der Waals surface area contributed by atoms with Gasteiger partial charge >= 0.3 is 0 Å². The van der Waals surface area contributed by atoms with E-state index in [1.165, 1.54) is 4.88 Å². The van der Waals surface area contributed by atoms with Gasteiger partial charge in [0.15, 0.2) is 4.67 Å². The highest BCUT2D eigenvalue weighted by atomic mass is 79.9. The second-order valence-electron chi connectivity index (χ2n) is 3.21. The summed E-state index contributed by atoms with van der Waals surface area (Å²) in [6, 6.07) is 5.80. The van der Waals surface area contributed by atoms with Crippen LogP contribution in [0.25, 0.3) is 0 Å². The fourth-order valence-electron chi connectivity index (χ4n) is 1.38. The normalized spacial score (nSPS) is 13.0. The summed E-state index contributed by atoms with van der Waals surface area (Å²) in [5.74, 6) is 0. The molecule has 2 aromatic heterocycles. The summed E-state index contributed by atoms with van der Waals surface area (Å²) in [4.78, 5) is 2.23. The molecule has 1 atom stereocenters.